The Hall–Kier alpha value is -3.27. The number of rotatable bonds is 6. The number of hydrogen-bond acceptors (Lipinski definition) is 3. The number of hydrogen-bond donors (Lipinski definition) is 0. The molecular formula is C26H27NO3. The quantitative estimate of drug-likeness (QED) is 0.474. The number of benzene rings is 3. The first kappa shape index (κ1) is 20.0. The summed E-state index contributed by atoms with van der Waals surface area (Å²) in [5.74, 6) is 1.35. The van der Waals surface area contributed by atoms with E-state index in [9.17, 15) is 4.79 Å². The molecular weight excluding hydrogens is 374 g/mol. The molecule has 0 saturated heterocycles. The molecule has 0 spiro atoms. The van der Waals surface area contributed by atoms with E-state index in [1.807, 2.05) is 66.7 Å². The van der Waals surface area contributed by atoms with Crippen LogP contribution in [-0.4, -0.2) is 19.8 Å². The normalized spacial score (nSPS) is 15.2. The van der Waals surface area contributed by atoms with Crippen molar-refractivity contribution in [2.45, 2.75) is 31.6 Å². The van der Waals surface area contributed by atoms with Crippen LogP contribution in [0.2, 0.25) is 0 Å². The summed E-state index contributed by atoms with van der Waals surface area (Å²) < 4.78 is 11.3. The minimum Gasteiger partial charge on any atom is -0.496 e. The predicted molar refractivity (Wildman–Crippen MR) is 120 cm³/mol. The molecule has 0 aromatic heterocycles. The number of amides is 1. The fraction of sp³-hybridized carbons (Fsp3) is 0.269. The summed E-state index contributed by atoms with van der Waals surface area (Å²) in [4.78, 5) is 14.6. The van der Waals surface area contributed by atoms with Crippen molar-refractivity contribution < 1.29 is 14.3 Å². The van der Waals surface area contributed by atoms with Gasteiger partial charge in [-0.2, -0.15) is 0 Å². The van der Waals surface area contributed by atoms with Gasteiger partial charge in [-0.15, -0.1) is 0 Å². The third-order valence-electron chi connectivity index (χ3n) is 5.71. The number of ether oxygens (including phenoxy) is 2. The van der Waals surface area contributed by atoms with Crippen LogP contribution in [0.15, 0.2) is 78.9 Å². The van der Waals surface area contributed by atoms with E-state index in [-0.39, 0.29) is 6.09 Å². The third kappa shape index (κ3) is 4.33. The molecule has 30 heavy (non-hydrogen) atoms. The molecule has 1 amide bonds. The standard InChI is InChI=1S/C26H27NO3/c1-29-25-17-9-15-23-20(10-8-16-24(23)25)18-19-30-26(28)27(21-11-4-2-5-12-21)22-13-6-3-7-14-22/h2-7,9,11-15,17,20H,8,10,16,18-19H2,1H3. The van der Waals surface area contributed by atoms with Crippen LogP contribution in [0.25, 0.3) is 0 Å². The van der Waals surface area contributed by atoms with Gasteiger partial charge < -0.3 is 9.47 Å². The Labute approximate surface area is 178 Å². The van der Waals surface area contributed by atoms with Gasteiger partial charge in [0.1, 0.15) is 5.75 Å². The topological polar surface area (TPSA) is 38.8 Å². The Balaban J connectivity index is 1.45. The summed E-state index contributed by atoms with van der Waals surface area (Å²) in [5.41, 5.74) is 4.22. The summed E-state index contributed by atoms with van der Waals surface area (Å²) in [6.07, 6.45) is 3.74. The van der Waals surface area contributed by atoms with Crippen molar-refractivity contribution in [2.24, 2.45) is 0 Å². The monoisotopic (exact) mass is 401 g/mol. The highest BCUT2D eigenvalue weighted by molar-refractivity contribution is 5.95. The van der Waals surface area contributed by atoms with Crippen molar-refractivity contribution in [3.8, 4) is 5.75 Å². The molecule has 154 valence electrons. The molecule has 1 aliphatic carbocycles. The van der Waals surface area contributed by atoms with E-state index in [0.717, 1.165) is 42.8 Å². The summed E-state index contributed by atoms with van der Waals surface area (Å²) in [6.45, 7) is 0.385. The molecule has 0 radical (unpaired) electrons. The average Bonchev–Trinajstić information content (AvgIpc) is 2.80. The predicted octanol–water partition coefficient (Wildman–Crippen LogP) is 6.48. The zero-order valence-corrected chi connectivity index (χ0v) is 17.3. The van der Waals surface area contributed by atoms with E-state index in [0.29, 0.717) is 12.5 Å². The summed E-state index contributed by atoms with van der Waals surface area (Å²) in [7, 11) is 1.72. The molecule has 1 aliphatic rings. The van der Waals surface area contributed by atoms with E-state index in [1.165, 1.54) is 11.1 Å². The third-order valence-corrected chi connectivity index (χ3v) is 5.71. The second kappa shape index (κ2) is 9.49. The van der Waals surface area contributed by atoms with Gasteiger partial charge in [-0.25, -0.2) is 9.69 Å². The molecule has 0 heterocycles. The first-order chi connectivity index (χ1) is 14.8. The maximum absolute atomic E-state index is 13.0. The number of carbonyl (C=O) groups is 1. The van der Waals surface area contributed by atoms with E-state index in [2.05, 4.69) is 12.1 Å². The molecule has 0 saturated carbocycles. The van der Waals surface area contributed by atoms with Gasteiger partial charge in [0.2, 0.25) is 0 Å². The fourth-order valence-electron chi connectivity index (χ4n) is 4.27. The smallest absolute Gasteiger partial charge is 0.418 e. The van der Waals surface area contributed by atoms with Crippen LogP contribution in [0.1, 0.15) is 36.3 Å². The van der Waals surface area contributed by atoms with E-state index >= 15 is 0 Å². The molecule has 4 rings (SSSR count). The lowest BCUT2D eigenvalue weighted by Gasteiger charge is -2.27. The average molecular weight is 402 g/mol. The molecule has 0 aliphatic heterocycles. The maximum Gasteiger partial charge on any atom is 0.418 e. The van der Waals surface area contributed by atoms with Crippen LogP contribution in [-0.2, 0) is 11.2 Å². The highest BCUT2D eigenvalue weighted by Crippen LogP contribution is 2.38. The first-order valence-corrected chi connectivity index (χ1v) is 10.5. The van der Waals surface area contributed by atoms with Crippen LogP contribution in [0.5, 0.6) is 5.75 Å². The first-order valence-electron chi connectivity index (χ1n) is 10.5. The highest BCUT2D eigenvalue weighted by atomic mass is 16.6. The number of fused-ring (bicyclic) bond motifs is 1. The Bertz CT molecular complexity index is 933. The Kier molecular flexibility index (Phi) is 6.33. The van der Waals surface area contributed by atoms with E-state index in [4.69, 9.17) is 9.47 Å². The van der Waals surface area contributed by atoms with E-state index in [1.54, 1.807) is 12.0 Å². The number of methoxy groups -OCH3 is 1. The number of nitrogens with zero attached hydrogens (tertiary/aromatic N) is 1. The molecule has 1 atom stereocenters. The Morgan fingerprint density at radius 2 is 1.60 bits per heavy atom. The van der Waals surface area contributed by atoms with Gasteiger partial charge in [0.25, 0.3) is 0 Å². The van der Waals surface area contributed by atoms with Crippen molar-refractivity contribution >= 4 is 17.5 Å². The van der Waals surface area contributed by atoms with Gasteiger partial charge in [0.05, 0.1) is 25.1 Å². The zero-order chi connectivity index (χ0) is 20.8. The molecule has 3 aromatic carbocycles. The molecule has 4 heteroatoms. The highest BCUT2D eigenvalue weighted by Gasteiger charge is 2.24. The minimum absolute atomic E-state index is 0.353. The van der Waals surface area contributed by atoms with Crippen molar-refractivity contribution in [2.75, 3.05) is 18.6 Å². The number of anilines is 2. The van der Waals surface area contributed by atoms with Crippen molar-refractivity contribution in [3.63, 3.8) is 0 Å². The lowest BCUT2D eigenvalue weighted by molar-refractivity contribution is 0.151. The van der Waals surface area contributed by atoms with Gasteiger partial charge >= 0.3 is 6.09 Å². The molecule has 1 unspecified atom stereocenters. The molecule has 0 N–H and O–H groups in total. The van der Waals surface area contributed by atoms with Gasteiger partial charge in [0, 0.05) is 0 Å². The Morgan fingerprint density at radius 1 is 0.933 bits per heavy atom. The van der Waals surface area contributed by atoms with Gasteiger partial charge in [-0.05, 0) is 73.1 Å². The molecule has 0 bridgehead atoms. The fourth-order valence-corrected chi connectivity index (χ4v) is 4.27. The maximum atomic E-state index is 13.0. The second-order valence-electron chi connectivity index (χ2n) is 7.53. The van der Waals surface area contributed by atoms with Crippen molar-refractivity contribution in [1.82, 2.24) is 0 Å². The molecule has 3 aromatic rings. The van der Waals surface area contributed by atoms with Crippen LogP contribution in [0, 0.1) is 0 Å². The van der Waals surface area contributed by atoms with E-state index < -0.39 is 0 Å². The second-order valence-corrected chi connectivity index (χ2v) is 7.53. The largest absolute Gasteiger partial charge is 0.496 e. The van der Waals surface area contributed by atoms with Gasteiger partial charge in [-0.3, -0.25) is 0 Å². The minimum atomic E-state index is -0.353. The SMILES string of the molecule is COc1cccc2c1CCCC2CCOC(=O)N(c1ccccc1)c1ccccc1. The van der Waals surface area contributed by atoms with Gasteiger partial charge in [-0.1, -0.05) is 48.5 Å². The van der Waals surface area contributed by atoms with Crippen molar-refractivity contribution in [3.05, 3.63) is 90.0 Å². The summed E-state index contributed by atoms with van der Waals surface area (Å²) >= 11 is 0. The van der Waals surface area contributed by atoms with Crippen LogP contribution in [0.4, 0.5) is 16.2 Å². The zero-order valence-electron chi connectivity index (χ0n) is 17.3. The summed E-state index contributed by atoms with van der Waals surface area (Å²) in [6, 6.07) is 25.5. The Morgan fingerprint density at radius 3 is 2.23 bits per heavy atom. The lowest BCUT2D eigenvalue weighted by atomic mass is 9.81. The number of para-hydroxylation sites is 2. The van der Waals surface area contributed by atoms with Gasteiger partial charge in [0.15, 0.2) is 0 Å². The van der Waals surface area contributed by atoms with Crippen LogP contribution in [0.3, 0.4) is 0 Å². The van der Waals surface area contributed by atoms with Crippen LogP contribution >= 0.6 is 0 Å². The van der Waals surface area contributed by atoms with Crippen LogP contribution < -0.4 is 9.64 Å². The van der Waals surface area contributed by atoms with Crippen molar-refractivity contribution in [1.29, 1.82) is 0 Å². The molecule has 0 fully saturated rings. The number of carbonyl (C=O) groups excluding carboxylic acids is 1. The summed E-state index contributed by atoms with van der Waals surface area (Å²) in [5, 5.41) is 0. The lowest BCUT2D eigenvalue weighted by Crippen LogP contribution is -2.27. The molecule has 4 nitrogen and oxygen atoms in total.